The van der Waals surface area contributed by atoms with Crippen LogP contribution in [0.1, 0.15) is 6.92 Å². The van der Waals surface area contributed by atoms with Crippen molar-refractivity contribution >= 4 is 13.8 Å². The van der Waals surface area contributed by atoms with Gasteiger partial charge in [-0.15, -0.1) is 0 Å². The Labute approximate surface area is 163 Å². The molecular formula is C19H23O8P. The molecule has 2 aromatic rings. The van der Waals surface area contributed by atoms with Crippen LogP contribution < -0.4 is 9.05 Å². The van der Waals surface area contributed by atoms with E-state index < -0.39 is 19.6 Å². The molecular weight excluding hydrogens is 387 g/mol. The number of phosphoric acid groups is 1. The Morgan fingerprint density at radius 3 is 1.71 bits per heavy atom. The lowest BCUT2D eigenvalue weighted by Crippen LogP contribution is -2.44. The van der Waals surface area contributed by atoms with Gasteiger partial charge in [0.05, 0.1) is 0 Å². The molecule has 0 aliphatic rings. The van der Waals surface area contributed by atoms with Crippen LogP contribution in [-0.2, 0) is 28.1 Å². The van der Waals surface area contributed by atoms with Crippen molar-refractivity contribution in [1.29, 1.82) is 0 Å². The number of rotatable bonds is 11. The highest BCUT2D eigenvalue weighted by Crippen LogP contribution is 2.50. The van der Waals surface area contributed by atoms with Gasteiger partial charge in [0.1, 0.15) is 24.7 Å². The second kappa shape index (κ2) is 10.2. The molecule has 0 radical (unpaired) electrons. The van der Waals surface area contributed by atoms with Crippen molar-refractivity contribution in [3.63, 3.8) is 0 Å². The SMILES string of the molecule is COC(COC(C)=O)(COP(=O)(Oc1ccccc1)Oc1ccccc1)OC. The molecule has 0 amide bonds. The number of benzene rings is 2. The van der Waals surface area contributed by atoms with E-state index in [2.05, 4.69) is 0 Å². The minimum Gasteiger partial charge on any atom is -0.460 e. The number of methoxy groups -OCH3 is 2. The van der Waals surface area contributed by atoms with E-state index in [9.17, 15) is 9.36 Å². The third kappa shape index (κ3) is 6.65. The molecule has 8 nitrogen and oxygen atoms in total. The lowest BCUT2D eigenvalue weighted by atomic mass is 10.3. The number of hydrogen-bond acceptors (Lipinski definition) is 8. The highest BCUT2D eigenvalue weighted by molar-refractivity contribution is 7.49. The Balaban J connectivity index is 2.20. The van der Waals surface area contributed by atoms with Crippen molar-refractivity contribution in [2.75, 3.05) is 27.4 Å². The van der Waals surface area contributed by atoms with Crippen LogP contribution in [0, 0.1) is 0 Å². The second-order valence-electron chi connectivity index (χ2n) is 5.63. The van der Waals surface area contributed by atoms with Crippen molar-refractivity contribution in [1.82, 2.24) is 0 Å². The fraction of sp³-hybridized carbons (Fsp3) is 0.316. The van der Waals surface area contributed by atoms with Crippen LogP contribution in [0.5, 0.6) is 11.5 Å². The first-order valence-electron chi connectivity index (χ1n) is 8.38. The number of carbonyl (C=O) groups excluding carboxylic acids is 1. The highest BCUT2D eigenvalue weighted by Gasteiger charge is 2.39. The number of esters is 1. The van der Waals surface area contributed by atoms with E-state index in [1.807, 2.05) is 0 Å². The monoisotopic (exact) mass is 410 g/mol. The third-order valence-electron chi connectivity index (χ3n) is 3.60. The zero-order valence-electron chi connectivity index (χ0n) is 15.9. The van der Waals surface area contributed by atoms with Crippen LogP contribution in [0.2, 0.25) is 0 Å². The average Bonchev–Trinajstić information content (AvgIpc) is 2.70. The lowest BCUT2D eigenvalue weighted by molar-refractivity contribution is -0.247. The number of ether oxygens (including phenoxy) is 3. The van der Waals surface area contributed by atoms with E-state index in [-0.39, 0.29) is 13.2 Å². The Morgan fingerprint density at radius 1 is 0.857 bits per heavy atom. The molecule has 0 spiro atoms. The second-order valence-corrected chi connectivity index (χ2v) is 7.15. The summed E-state index contributed by atoms with van der Waals surface area (Å²) in [6.07, 6.45) is 0. The molecule has 0 fully saturated rings. The first-order chi connectivity index (χ1) is 13.4. The first-order valence-corrected chi connectivity index (χ1v) is 9.84. The maximum Gasteiger partial charge on any atom is 0.587 e. The standard InChI is InChI=1S/C19H23O8P/c1-16(20)24-14-19(22-2,23-3)15-25-28(21,26-17-10-6-4-7-11-17)27-18-12-8-5-9-13-18/h4-13H,14-15H2,1-3H3. The summed E-state index contributed by atoms with van der Waals surface area (Å²) in [5.41, 5.74) is 0. The summed E-state index contributed by atoms with van der Waals surface area (Å²) >= 11 is 0. The largest absolute Gasteiger partial charge is 0.587 e. The van der Waals surface area contributed by atoms with Crippen LogP contribution in [-0.4, -0.2) is 39.2 Å². The lowest BCUT2D eigenvalue weighted by Gasteiger charge is -2.30. The van der Waals surface area contributed by atoms with Crippen molar-refractivity contribution in [3.05, 3.63) is 60.7 Å². The molecule has 0 aliphatic carbocycles. The number of hydrogen-bond donors (Lipinski definition) is 0. The van der Waals surface area contributed by atoms with Gasteiger partial charge in [0, 0.05) is 21.1 Å². The van der Waals surface area contributed by atoms with Crippen LogP contribution >= 0.6 is 7.82 Å². The van der Waals surface area contributed by atoms with E-state index in [0.29, 0.717) is 11.5 Å². The molecule has 0 aliphatic heterocycles. The number of carbonyl (C=O) groups is 1. The maximum atomic E-state index is 13.3. The minimum absolute atomic E-state index is 0.272. The molecule has 0 heterocycles. The topological polar surface area (TPSA) is 89.5 Å². The molecule has 2 aromatic carbocycles. The molecule has 0 N–H and O–H groups in total. The molecule has 28 heavy (non-hydrogen) atoms. The Kier molecular flexibility index (Phi) is 8.02. The minimum atomic E-state index is -4.13. The molecule has 0 saturated heterocycles. The van der Waals surface area contributed by atoms with Crippen molar-refractivity contribution < 1.29 is 37.1 Å². The van der Waals surface area contributed by atoms with Gasteiger partial charge in [-0.25, -0.2) is 4.57 Å². The fourth-order valence-corrected chi connectivity index (χ4v) is 3.30. The summed E-state index contributed by atoms with van der Waals surface area (Å²) in [5, 5.41) is 0. The van der Waals surface area contributed by atoms with Gasteiger partial charge >= 0.3 is 13.8 Å². The van der Waals surface area contributed by atoms with Crippen LogP contribution in [0.25, 0.3) is 0 Å². The van der Waals surface area contributed by atoms with Crippen molar-refractivity contribution in [2.24, 2.45) is 0 Å². The third-order valence-corrected chi connectivity index (χ3v) is 4.92. The van der Waals surface area contributed by atoms with E-state index in [1.54, 1.807) is 60.7 Å². The molecule has 9 heteroatoms. The summed E-state index contributed by atoms with van der Waals surface area (Å²) in [7, 11) is -1.44. The van der Waals surface area contributed by atoms with Gasteiger partial charge in [0.25, 0.3) is 0 Å². The predicted octanol–water partition coefficient (Wildman–Crippen LogP) is 3.82. The zero-order valence-corrected chi connectivity index (χ0v) is 16.8. The predicted molar refractivity (Wildman–Crippen MR) is 101 cm³/mol. The first kappa shape index (κ1) is 21.9. The Morgan fingerprint density at radius 2 is 1.32 bits per heavy atom. The Bertz CT molecular complexity index is 732. The number of phosphoric ester groups is 1. The summed E-state index contributed by atoms with van der Waals surface area (Å²) < 4.78 is 45.3. The van der Waals surface area contributed by atoms with E-state index >= 15 is 0 Å². The van der Waals surface area contributed by atoms with Gasteiger partial charge in [-0.3, -0.25) is 9.32 Å². The molecule has 0 bridgehead atoms. The van der Waals surface area contributed by atoms with Gasteiger partial charge in [0.15, 0.2) is 0 Å². The summed E-state index contributed by atoms with van der Waals surface area (Å²) in [6.45, 7) is 0.592. The maximum absolute atomic E-state index is 13.3. The summed E-state index contributed by atoms with van der Waals surface area (Å²) in [6, 6.07) is 16.9. The molecule has 152 valence electrons. The molecule has 0 unspecified atom stereocenters. The Hall–Kier alpha value is -2.38. The van der Waals surface area contributed by atoms with Gasteiger partial charge in [0.2, 0.25) is 5.79 Å². The van der Waals surface area contributed by atoms with Gasteiger partial charge in [-0.2, -0.15) is 0 Å². The normalized spacial score (nSPS) is 11.7. The van der Waals surface area contributed by atoms with E-state index in [0.717, 1.165) is 0 Å². The molecule has 0 aromatic heterocycles. The van der Waals surface area contributed by atoms with Gasteiger partial charge in [-0.05, 0) is 24.3 Å². The average molecular weight is 410 g/mol. The van der Waals surface area contributed by atoms with Crippen molar-refractivity contribution in [2.45, 2.75) is 12.7 Å². The van der Waals surface area contributed by atoms with Crippen LogP contribution in [0.4, 0.5) is 0 Å². The quantitative estimate of drug-likeness (QED) is 0.314. The summed E-state index contributed by atoms with van der Waals surface area (Å²) in [4.78, 5) is 11.1. The number of para-hydroxylation sites is 2. The molecule has 0 atom stereocenters. The van der Waals surface area contributed by atoms with Crippen LogP contribution in [0.3, 0.4) is 0 Å². The van der Waals surface area contributed by atoms with E-state index in [4.69, 9.17) is 27.8 Å². The van der Waals surface area contributed by atoms with Crippen molar-refractivity contribution in [3.8, 4) is 11.5 Å². The van der Waals surface area contributed by atoms with Crippen LogP contribution in [0.15, 0.2) is 60.7 Å². The smallest absolute Gasteiger partial charge is 0.460 e. The highest BCUT2D eigenvalue weighted by atomic mass is 31.2. The van der Waals surface area contributed by atoms with E-state index in [1.165, 1.54) is 21.1 Å². The zero-order chi connectivity index (χ0) is 20.5. The molecule has 2 rings (SSSR count). The molecule has 0 saturated carbocycles. The van der Waals surface area contributed by atoms with Gasteiger partial charge in [-0.1, -0.05) is 36.4 Å². The van der Waals surface area contributed by atoms with Gasteiger partial charge < -0.3 is 23.3 Å². The fourth-order valence-electron chi connectivity index (χ4n) is 2.04. The summed E-state index contributed by atoms with van der Waals surface area (Å²) in [5.74, 6) is -1.42.